The van der Waals surface area contributed by atoms with Gasteiger partial charge >= 0.3 is 0 Å². The van der Waals surface area contributed by atoms with E-state index >= 15 is 0 Å². The Labute approximate surface area is 150 Å². The zero-order valence-corrected chi connectivity index (χ0v) is 15.1. The fraction of sp³-hybridized carbons (Fsp3) is 0.533. The van der Waals surface area contributed by atoms with Crippen molar-refractivity contribution in [3.05, 3.63) is 27.7 Å². The molecule has 0 unspecified atom stereocenters. The zero-order chi connectivity index (χ0) is 16.3. The Hall–Kier alpha value is -0.350. The van der Waals surface area contributed by atoms with Crippen molar-refractivity contribution in [3.63, 3.8) is 0 Å². The maximum absolute atomic E-state index is 12.4. The molecule has 0 N–H and O–H groups in total. The second-order valence-electron chi connectivity index (χ2n) is 5.47. The fourth-order valence-corrected chi connectivity index (χ4v) is 3.38. The third-order valence-corrected chi connectivity index (χ3v) is 4.97. The van der Waals surface area contributed by atoms with E-state index in [1.807, 2.05) is 0 Å². The number of Topliss-reactive ketones (excluding diaryl/α,β-unsaturated/α-hetero) is 1. The van der Waals surface area contributed by atoms with Gasteiger partial charge in [-0.15, -0.1) is 5.11 Å². The number of azo groups is 1. The number of carbonyl (C=O) groups excluding carboxylic acids is 1. The molecule has 22 heavy (non-hydrogen) atoms. The maximum atomic E-state index is 12.4. The van der Waals surface area contributed by atoms with Crippen molar-refractivity contribution in [3.8, 4) is 0 Å². The number of rotatable bonds is 4. The molecule has 0 spiro atoms. The normalized spacial score (nSPS) is 17.1. The quantitative estimate of drug-likeness (QED) is 0.326. The summed E-state index contributed by atoms with van der Waals surface area (Å²) in [5.74, 6) is -0.434. The third-order valence-electron chi connectivity index (χ3n) is 3.84. The molecule has 3 nitrogen and oxygen atoms in total. The predicted molar refractivity (Wildman–Crippen MR) is 91.7 cm³/mol. The van der Waals surface area contributed by atoms with Crippen LogP contribution in [0.25, 0.3) is 0 Å². The number of nitrogens with zero attached hydrogens (tertiary/aromatic N) is 2. The molecule has 1 saturated carbocycles. The van der Waals surface area contributed by atoms with Gasteiger partial charge in [0.25, 0.3) is 4.46 Å². The van der Waals surface area contributed by atoms with Gasteiger partial charge in [0.1, 0.15) is 0 Å². The Bertz CT molecular complexity index is 595. The zero-order valence-electron chi connectivity index (χ0n) is 12.1. The van der Waals surface area contributed by atoms with Crippen LogP contribution >= 0.6 is 46.4 Å². The molecule has 0 amide bonds. The highest BCUT2D eigenvalue weighted by molar-refractivity contribution is 6.58. The molecule has 0 aliphatic heterocycles. The summed E-state index contributed by atoms with van der Waals surface area (Å²) in [5, 5.41) is 8.72. The Balaban J connectivity index is 2.18. The number of carbonyl (C=O) groups is 1. The highest BCUT2D eigenvalue weighted by Crippen LogP contribution is 2.36. The summed E-state index contributed by atoms with van der Waals surface area (Å²) < 4.78 is -1.87. The standard InChI is InChI=1S/C15H16Cl4N2O/c1-9-12(17)7-11(16)8-13(9)20-21-15(18,19)14(22)10-5-3-2-4-6-10/h7-8,10H,2-6H2,1H3. The number of alkyl halides is 2. The molecular weight excluding hydrogens is 366 g/mol. The van der Waals surface area contributed by atoms with Crippen LogP contribution in [0.4, 0.5) is 5.69 Å². The smallest absolute Gasteiger partial charge is 0.286 e. The lowest BCUT2D eigenvalue weighted by Gasteiger charge is -2.24. The van der Waals surface area contributed by atoms with Crippen molar-refractivity contribution in [2.45, 2.75) is 43.5 Å². The summed E-state index contributed by atoms with van der Waals surface area (Å²) in [5.41, 5.74) is 1.14. The Morgan fingerprint density at radius 1 is 1.18 bits per heavy atom. The summed E-state index contributed by atoms with van der Waals surface area (Å²) in [6.45, 7) is 1.78. The van der Waals surface area contributed by atoms with Crippen LogP contribution in [0.15, 0.2) is 22.4 Å². The molecule has 0 saturated heterocycles. The highest BCUT2D eigenvalue weighted by atomic mass is 35.5. The van der Waals surface area contributed by atoms with Crippen LogP contribution in [0.5, 0.6) is 0 Å². The largest absolute Gasteiger partial charge is 0.294 e. The van der Waals surface area contributed by atoms with Gasteiger partial charge in [-0.25, -0.2) is 0 Å². The van der Waals surface area contributed by atoms with E-state index in [2.05, 4.69) is 10.2 Å². The summed E-state index contributed by atoms with van der Waals surface area (Å²) in [4.78, 5) is 12.4. The number of ketones is 1. The van der Waals surface area contributed by atoms with Crippen LogP contribution in [0.1, 0.15) is 37.7 Å². The van der Waals surface area contributed by atoms with E-state index in [9.17, 15) is 4.79 Å². The summed E-state index contributed by atoms with van der Waals surface area (Å²) in [6, 6.07) is 3.21. The minimum Gasteiger partial charge on any atom is -0.294 e. The topological polar surface area (TPSA) is 41.8 Å². The van der Waals surface area contributed by atoms with E-state index in [4.69, 9.17) is 46.4 Å². The van der Waals surface area contributed by atoms with Crippen molar-refractivity contribution in [1.29, 1.82) is 0 Å². The average molecular weight is 382 g/mol. The van der Waals surface area contributed by atoms with Crippen LogP contribution < -0.4 is 0 Å². The van der Waals surface area contributed by atoms with E-state index in [0.717, 1.165) is 32.1 Å². The Morgan fingerprint density at radius 2 is 1.82 bits per heavy atom. The Morgan fingerprint density at radius 3 is 2.45 bits per heavy atom. The van der Waals surface area contributed by atoms with Crippen molar-refractivity contribution in [2.75, 3.05) is 0 Å². The van der Waals surface area contributed by atoms with Gasteiger partial charge in [0, 0.05) is 16.0 Å². The first-order valence-corrected chi connectivity index (χ1v) is 8.63. The van der Waals surface area contributed by atoms with Gasteiger partial charge in [-0.2, -0.15) is 5.11 Å². The summed E-state index contributed by atoms with van der Waals surface area (Å²) >= 11 is 24.2. The lowest BCUT2D eigenvalue weighted by molar-refractivity contribution is -0.124. The minimum atomic E-state index is -1.87. The van der Waals surface area contributed by atoms with Gasteiger partial charge in [-0.05, 0) is 37.5 Å². The van der Waals surface area contributed by atoms with Crippen LogP contribution in [-0.2, 0) is 4.79 Å². The molecule has 1 aromatic rings. The van der Waals surface area contributed by atoms with Crippen LogP contribution in [0.2, 0.25) is 10.0 Å². The van der Waals surface area contributed by atoms with Gasteiger partial charge < -0.3 is 0 Å². The van der Waals surface area contributed by atoms with Crippen molar-refractivity contribution >= 4 is 57.9 Å². The van der Waals surface area contributed by atoms with Gasteiger partial charge in [0.15, 0.2) is 5.78 Å². The van der Waals surface area contributed by atoms with E-state index in [-0.39, 0.29) is 11.7 Å². The van der Waals surface area contributed by atoms with Crippen LogP contribution in [-0.4, -0.2) is 10.2 Å². The summed E-state index contributed by atoms with van der Waals surface area (Å²) in [7, 11) is 0. The number of hydrogen-bond donors (Lipinski definition) is 0. The van der Waals surface area contributed by atoms with Crippen molar-refractivity contribution in [2.24, 2.45) is 16.1 Å². The molecule has 0 radical (unpaired) electrons. The van der Waals surface area contributed by atoms with E-state index < -0.39 is 4.46 Å². The molecule has 1 aliphatic rings. The molecule has 1 aliphatic carbocycles. The van der Waals surface area contributed by atoms with E-state index in [0.29, 0.717) is 21.3 Å². The first-order valence-electron chi connectivity index (χ1n) is 7.12. The van der Waals surface area contributed by atoms with Gasteiger partial charge in [-0.3, -0.25) is 4.79 Å². The number of hydrogen-bond acceptors (Lipinski definition) is 3. The van der Waals surface area contributed by atoms with Crippen LogP contribution in [0, 0.1) is 12.8 Å². The summed E-state index contributed by atoms with van der Waals surface area (Å²) in [6.07, 6.45) is 4.78. The molecule has 7 heteroatoms. The lowest BCUT2D eigenvalue weighted by atomic mass is 9.86. The first kappa shape index (κ1) is 18.0. The SMILES string of the molecule is Cc1c(Cl)cc(Cl)cc1N=NC(Cl)(Cl)C(=O)C1CCCCC1. The fourth-order valence-electron chi connectivity index (χ4n) is 2.51. The second-order valence-corrected chi connectivity index (χ2v) is 7.60. The van der Waals surface area contributed by atoms with E-state index in [1.165, 1.54) is 0 Å². The Kier molecular flexibility index (Phi) is 6.12. The van der Waals surface area contributed by atoms with Crippen LogP contribution in [0.3, 0.4) is 0 Å². The maximum Gasteiger partial charge on any atom is 0.286 e. The van der Waals surface area contributed by atoms with Crippen molar-refractivity contribution < 1.29 is 4.79 Å². The monoisotopic (exact) mass is 380 g/mol. The molecule has 2 rings (SSSR count). The lowest BCUT2D eigenvalue weighted by Crippen LogP contribution is -2.31. The molecule has 120 valence electrons. The molecule has 1 aromatic carbocycles. The van der Waals surface area contributed by atoms with Gasteiger partial charge in [0.2, 0.25) is 0 Å². The molecule has 0 bridgehead atoms. The second kappa shape index (κ2) is 7.48. The van der Waals surface area contributed by atoms with Gasteiger partial charge in [-0.1, -0.05) is 65.7 Å². The first-order chi connectivity index (χ1) is 10.3. The number of halogens is 4. The van der Waals surface area contributed by atoms with Gasteiger partial charge in [0.05, 0.1) is 5.69 Å². The molecule has 0 aromatic heterocycles. The highest BCUT2D eigenvalue weighted by Gasteiger charge is 2.39. The minimum absolute atomic E-state index is 0.147. The third kappa shape index (κ3) is 4.35. The molecule has 0 atom stereocenters. The van der Waals surface area contributed by atoms with E-state index in [1.54, 1.807) is 19.1 Å². The molecule has 0 heterocycles. The molecule has 1 fully saturated rings. The average Bonchev–Trinajstić information content (AvgIpc) is 2.49. The van der Waals surface area contributed by atoms with Crippen molar-refractivity contribution in [1.82, 2.24) is 0 Å². The predicted octanol–water partition coefficient (Wildman–Crippen LogP) is 6.67. The molecular formula is C15H16Cl4N2O. The number of benzene rings is 1.